The van der Waals surface area contributed by atoms with E-state index in [0.29, 0.717) is 32.6 Å². The van der Waals surface area contributed by atoms with Crippen molar-refractivity contribution in [2.75, 3.05) is 5.32 Å². The van der Waals surface area contributed by atoms with Gasteiger partial charge in [-0.15, -0.1) is 11.3 Å². The van der Waals surface area contributed by atoms with E-state index in [4.69, 9.17) is 28.2 Å². The normalized spacial score (nSPS) is 10.8. The van der Waals surface area contributed by atoms with Crippen molar-refractivity contribution in [3.63, 3.8) is 0 Å². The van der Waals surface area contributed by atoms with Crippen LogP contribution in [0.4, 0.5) is 5.69 Å². The van der Waals surface area contributed by atoms with E-state index in [-0.39, 0.29) is 11.0 Å². The van der Waals surface area contributed by atoms with Gasteiger partial charge in [-0.05, 0) is 82.7 Å². The fourth-order valence-corrected chi connectivity index (χ4v) is 4.04. The Bertz CT molecular complexity index is 1190. The fourth-order valence-electron chi connectivity index (χ4n) is 2.52. The minimum Gasteiger partial charge on any atom is -0.436 e. The molecule has 4 aromatic rings. The van der Waals surface area contributed by atoms with Crippen LogP contribution in [-0.4, -0.2) is 16.0 Å². The first kappa shape index (κ1) is 19.3. The van der Waals surface area contributed by atoms with Gasteiger partial charge >= 0.3 is 0 Å². The van der Waals surface area contributed by atoms with E-state index in [9.17, 15) is 4.79 Å². The lowest BCUT2D eigenvalue weighted by Crippen LogP contribution is -2.33. The number of anilines is 1. The molecule has 0 saturated heterocycles. The molecule has 2 aromatic carbocycles. The Morgan fingerprint density at radius 3 is 2.86 bits per heavy atom. The van der Waals surface area contributed by atoms with Crippen molar-refractivity contribution in [1.82, 2.24) is 10.3 Å². The van der Waals surface area contributed by atoms with Crippen LogP contribution in [0.5, 0.6) is 0 Å². The molecule has 0 spiro atoms. The van der Waals surface area contributed by atoms with E-state index < -0.39 is 0 Å². The van der Waals surface area contributed by atoms with E-state index >= 15 is 0 Å². The topological polar surface area (TPSA) is 67.2 Å². The first-order valence-corrected chi connectivity index (χ1v) is 10.8. The van der Waals surface area contributed by atoms with Gasteiger partial charge in [0, 0.05) is 9.26 Å². The summed E-state index contributed by atoms with van der Waals surface area (Å²) in [7, 11) is 0. The summed E-state index contributed by atoms with van der Waals surface area (Å²) in [4.78, 5) is 17.2. The minimum absolute atomic E-state index is 0.210. The standard InChI is InChI=1S/C19H11ClIN3O2S2/c20-13-5-3-10(21)8-12(13)18-23-14-9-11(4-6-15(14)26-18)22-19(27)24-17(25)16-2-1-7-28-16/h1-9H,(H2,22,24,25,27). The fraction of sp³-hybridized carbons (Fsp3) is 0. The van der Waals surface area contributed by atoms with E-state index in [1.807, 2.05) is 29.6 Å². The highest BCUT2D eigenvalue weighted by Gasteiger charge is 2.13. The van der Waals surface area contributed by atoms with Crippen LogP contribution in [0.25, 0.3) is 22.6 Å². The molecule has 0 aliphatic heterocycles. The zero-order valence-corrected chi connectivity index (χ0v) is 18.6. The largest absolute Gasteiger partial charge is 0.436 e. The van der Waals surface area contributed by atoms with Gasteiger partial charge in [0.05, 0.1) is 15.5 Å². The molecule has 0 fully saturated rings. The average molecular weight is 540 g/mol. The molecule has 2 N–H and O–H groups in total. The maximum Gasteiger partial charge on any atom is 0.267 e. The van der Waals surface area contributed by atoms with Crippen LogP contribution in [0.1, 0.15) is 9.67 Å². The molecular weight excluding hydrogens is 529 g/mol. The van der Waals surface area contributed by atoms with Crippen LogP contribution in [-0.2, 0) is 0 Å². The molecular formula is C19H11ClIN3O2S2. The molecule has 9 heteroatoms. The predicted octanol–water partition coefficient (Wildman–Crippen LogP) is 5.94. The Hall–Kier alpha value is -2.01. The number of oxazole rings is 1. The van der Waals surface area contributed by atoms with Crippen molar-refractivity contribution in [3.05, 3.63) is 67.4 Å². The van der Waals surface area contributed by atoms with E-state index in [1.165, 1.54) is 11.3 Å². The second-order valence-corrected chi connectivity index (χ2v) is 8.72. The second kappa shape index (κ2) is 8.16. The van der Waals surface area contributed by atoms with Crippen molar-refractivity contribution < 1.29 is 9.21 Å². The number of thiophene rings is 1. The third-order valence-corrected chi connectivity index (χ3v) is 5.85. The number of thiocarbonyl (C=S) groups is 1. The molecule has 2 aromatic heterocycles. The number of benzene rings is 2. The maximum absolute atomic E-state index is 12.1. The Morgan fingerprint density at radius 2 is 2.07 bits per heavy atom. The molecule has 140 valence electrons. The van der Waals surface area contributed by atoms with E-state index in [1.54, 1.807) is 24.3 Å². The van der Waals surface area contributed by atoms with Crippen molar-refractivity contribution >= 4 is 85.6 Å². The van der Waals surface area contributed by atoms with Crippen molar-refractivity contribution in [3.8, 4) is 11.5 Å². The quantitative estimate of drug-likeness (QED) is 0.249. The van der Waals surface area contributed by atoms with Crippen molar-refractivity contribution in [1.29, 1.82) is 0 Å². The van der Waals surface area contributed by atoms with Gasteiger partial charge in [0.15, 0.2) is 10.7 Å². The summed E-state index contributed by atoms with van der Waals surface area (Å²) < 4.78 is 6.87. The second-order valence-electron chi connectivity index (χ2n) is 5.71. The molecule has 0 radical (unpaired) electrons. The highest BCUT2D eigenvalue weighted by molar-refractivity contribution is 14.1. The molecule has 0 aliphatic rings. The summed E-state index contributed by atoms with van der Waals surface area (Å²) in [5.74, 6) is 0.204. The number of nitrogens with zero attached hydrogens (tertiary/aromatic N) is 1. The third-order valence-electron chi connectivity index (χ3n) is 3.78. The summed E-state index contributed by atoms with van der Waals surface area (Å²) >= 11 is 15.1. The van der Waals surface area contributed by atoms with Gasteiger partial charge in [-0.25, -0.2) is 4.98 Å². The number of nitrogens with one attached hydrogen (secondary N) is 2. The number of carbonyl (C=O) groups is 1. The van der Waals surface area contributed by atoms with Gasteiger partial charge in [0.25, 0.3) is 5.91 Å². The summed E-state index contributed by atoms with van der Waals surface area (Å²) in [6, 6.07) is 14.6. The highest BCUT2D eigenvalue weighted by atomic mass is 127. The summed E-state index contributed by atoms with van der Waals surface area (Å²) in [5, 5.41) is 8.26. The number of hydrogen-bond acceptors (Lipinski definition) is 5. The lowest BCUT2D eigenvalue weighted by atomic mass is 10.2. The third kappa shape index (κ3) is 4.19. The summed E-state index contributed by atoms with van der Waals surface area (Å²) in [5.41, 5.74) is 2.71. The van der Waals surface area contributed by atoms with Crippen molar-refractivity contribution in [2.24, 2.45) is 0 Å². The number of amides is 1. The van der Waals surface area contributed by atoms with Crippen LogP contribution >= 0.6 is 57.7 Å². The molecule has 0 unspecified atom stereocenters. The molecule has 2 heterocycles. The molecule has 0 atom stereocenters. The first-order chi connectivity index (χ1) is 13.5. The Balaban J connectivity index is 1.54. The van der Waals surface area contributed by atoms with Crippen LogP contribution < -0.4 is 10.6 Å². The number of aromatic nitrogens is 1. The predicted molar refractivity (Wildman–Crippen MR) is 125 cm³/mol. The molecule has 0 saturated carbocycles. The van der Waals surface area contributed by atoms with Gasteiger partial charge in [0.2, 0.25) is 5.89 Å². The van der Waals surface area contributed by atoms with Gasteiger partial charge in [-0.1, -0.05) is 17.7 Å². The molecule has 1 amide bonds. The number of halogens is 2. The maximum atomic E-state index is 12.1. The number of carbonyl (C=O) groups excluding carboxylic acids is 1. The number of hydrogen-bond donors (Lipinski definition) is 2. The zero-order chi connectivity index (χ0) is 19.7. The lowest BCUT2D eigenvalue weighted by Gasteiger charge is -2.08. The Labute approximate surface area is 188 Å². The van der Waals surface area contributed by atoms with E-state index in [2.05, 4.69) is 38.2 Å². The van der Waals surface area contributed by atoms with Gasteiger partial charge in [0.1, 0.15) is 5.52 Å². The molecule has 0 aliphatic carbocycles. The van der Waals surface area contributed by atoms with Crippen LogP contribution in [0.2, 0.25) is 5.02 Å². The van der Waals surface area contributed by atoms with Gasteiger partial charge in [-0.3, -0.25) is 10.1 Å². The Morgan fingerprint density at radius 1 is 1.21 bits per heavy atom. The molecule has 28 heavy (non-hydrogen) atoms. The average Bonchev–Trinajstić information content (AvgIpc) is 3.32. The monoisotopic (exact) mass is 539 g/mol. The van der Waals surface area contributed by atoms with Gasteiger partial charge < -0.3 is 9.73 Å². The molecule has 5 nitrogen and oxygen atoms in total. The highest BCUT2D eigenvalue weighted by Crippen LogP contribution is 2.32. The minimum atomic E-state index is -0.245. The smallest absolute Gasteiger partial charge is 0.267 e. The van der Waals surface area contributed by atoms with Crippen LogP contribution in [0.15, 0.2) is 58.3 Å². The number of rotatable bonds is 3. The SMILES string of the molecule is O=C(NC(=S)Nc1ccc2oc(-c3cc(I)ccc3Cl)nc2c1)c1cccs1. The Kier molecular flexibility index (Phi) is 5.63. The number of fused-ring (bicyclic) bond motifs is 1. The van der Waals surface area contributed by atoms with Gasteiger partial charge in [-0.2, -0.15) is 0 Å². The first-order valence-electron chi connectivity index (χ1n) is 8.01. The summed E-state index contributed by atoms with van der Waals surface area (Å²) in [6.07, 6.45) is 0. The molecule has 4 rings (SSSR count). The van der Waals surface area contributed by atoms with Crippen LogP contribution in [0, 0.1) is 3.57 Å². The zero-order valence-electron chi connectivity index (χ0n) is 14.0. The lowest BCUT2D eigenvalue weighted by molar-refractivity contribution is 0.0981. The van der Waals surface area contributed by atoms with E-state index in [0.717, 1.165) is 9.13 Å². The van der Waals surface area contributed by atoms with Crippen molar-refractivity contribution in [2.45, 2.75) is 0 Å². The van der Waals surface area contributed by atoms with Crippen LogP contribution in [0.3, 0.4) is 0 Å². The molecule has 0 bridgehead atoms. The summed E-state index contributed by atoms with van der Waals surface area (Å²) in [6.45, 7) is 0.